The summed E-state index contributed by atoms with van der Waals surface area (Å²) in [5.41, 5.74) is 0. The maximum atomic E-state index is 10.4. The Morgan fingerprint density at radius 2 is 1.24 bits per heavy atom. The lowest BCUT2D eigenvalue weighted by Gasteiger charge is -2.10. The third-order valence-electron chi connectivity index (χ3n) is 4.88. The summed E-state index contributed by atoms with van der Waals surface area (Å²) in [6.45, 7) is 3.34. The number of hydrogen-bond donors (Lipinski definition) is 1. The Labute approximate surface area is 154 Å². The number of carbonyl (C=O) groups is 2. The molecular formula is C21H40O4. The lowest BCUT2D eigenvalue weighted by molar-refractivity contribution is -0.137. The van der Waals surface area contributed by atoms with Gasteiger partial charge >= 0.3 is 5.97 Å². The van der Waals surface area contributed by atoms with Crippen molar-refractivity contribution in [3.8, 4) is 0 Å². The van der Waals surface area contributed by atoms with Gasteiger partial charge in [0.15, 0.2) is 0 Å². The van der Waals surface area contributed by atoms with E-state index in [-0.39, 0.29) is 0 Å². The number of carboxylic acids is 1. The predicted molar refractivity (Wildman–Crippen MR) is 103 cm³/mol. The van der Waals surface area contributed by atoms with Crippen LogP contribution in [-0.4, -0.2) is 24.2 Å². The summed E-state index contributed by atoms with van der Waals surface area (Å²) in [5, 5.41) is 8.55. The normalized spacial score (nSPS) is 12.0. The van der Waals surface area contributed by atoms with Crippen molar-refractivity contribution in [3.05, 3.63) is 0 Å². The SMILES string of the molecule is CC(CCCCCCCCCCCCCCCC(=O)O)CCOC=O. The first-order chi connectivity index (χ1) is 12.2. The van der Waals surface area contributed by atoms with Crippen molar-refractivity contribution in [2.24, 2.45) is 5.92 Å². The molecule has 0 saturated carbocycles. The van der Waals surface area contributed by atoms with E-state index in [0.29, 0.717) is 25.4 Å². The average Bonchev–Trinajstić information content (AvgIpc) is 2.58. The molecule has 0 radical (unpaired) electrons. The maximum Gasteiger partial charge on any atom is 0.303 e. The van der Waals surface area contributed by atoms with Gasteiger partial charge in [0.1, 0.15) is 0 Å². The van der Waals surface area contributed by atoms with Gasteiger partial charge in [-0.25, -0.2) is 0 Å². The molecule has 4 nitrogen and oxygen atoms in total. The van der Waals surface area contributed by atoms with Crippen LogP contribution in [0.1, 0.15) is 110 Å². The summed E-state index contributed by atoms with van der Waals surface area (Å²) in [4.78, 5) is 20.4. The highest BCUT2D eigenvalue weighted by atomic mass is 16.5. The maximum absolute atomic E-state index is 10.4. The fourth-order valence-corrected chi connectivity index (χ4v) is 3.18. The van der Waals surface area contributed by atoms with Gasteiger partial charge in [-0.1, -0.05) is 90.4 Å². The Bertz CT molecular complexity index is 304. The fraction of sp³-hybridized carbons (Fsp3) is 0.905. The average molecular weight is 357 g/mol. The number of carboxylic acid groups (broad SMARTS) is 1. The van der Waals surface area contributed by atoms with Gasteiger partial charge in [-0.05, 0) is 18.8 Å². The standard InChI is InChI=1S/C21H40O4/c1-20(17-18-25-19-22)15-13-11-9-7-5-3-2-4-6-8-10-12-14-16-21(23)24/h19-20H,2-18H2,1H3,(H,23,24). The first-order valence-electron chi connectivity index (χ1n) is 10.4. The summed E-state index contributed by atoms with van der Waals surface area (Å²) in [7, 11) is 0. The van der Waals surface area contributed by atoms with Gasteiger partial charge in [0, 0.05) is 6.42 Å². The quantitative estimate of drug-likeness (QED) is 0.211. The summed E-state index contributed by atoms with van der Waals surface area (Å²) >= 11 is 0. The molecule has 1 atom stereocenters. The number of aliphatic carboxylic acids is 1. The van der Waals surface area contributed by atoms with Gasteiger partial charge < -0.3 is 9.84 Å². The zero-order chi connectivity index (χ0) is 18.6. The molecule has 0 saturated heterocycles. The van der Waals surface area contributed by atoms with E-state index in [4.69, 9.17) is 9.84 Å². The van der Waals surface area contributed by atoms with E-state index in [2.05, 4.69) is 6.92 Å². The Balaban J connectivity index is 3.09. The van der Waals surface area contributed by atoms with Crippen LogP contribution in [-0.2, 0) is 14.3 Å². The van der Waals surface area contributed by atoms with Crippen LogP contribution in [0.2, 0.25) is 0 Å². The molecule has 1 unspecified atom stereocenters. The van der Waals surface area contributed by atoms with Crippen LogP contribution in [0.25, 0.3) is 0 Å². The third-order valence-corrected chi connectivity index (χ3v) is 4.88. The summed E-state index contributed by atoms with van der Waals surface area (Å²) in [6, 6.07) is 0. The molecule has 0 fully saturated rings. The highest BCUT2D eigenvalue weighted by molar-refractivity contribution is 5.66. The zero-order valence-electron chi connectivity index (χ0n) is 16.3. The largest absolute Gasteiger partial charge is 0.481 e. The minimum absolute atomic E-state index is 0.327. The van der Waals surface area contributed by atoms with Crippen molar-refractivity contribution in [1.29, 1.82) is 0 Å². The first-order valence-corrected chi connectivity index (χ1v) is 10.4. The molecule has 0 rings (SSSR count). The second-order valence-corrected chi connectivity index (χ2v) is 7.39. The number of ether oxygens (including phenoxy) is 1. The molecule has 0 amide bonds. The van der Waals surface area contributed by atoms with E-state index in [1.807, 2.05) is 0 Å². The minimum Gasteiger partial charge on any atom is -0.481 e. The van der Waals surface area contributed by atoms with E-state index in [1.54, 1.807) is 0 Å². The second-order valence-electron chi connectivity index (χ2n) is 7.39. The minimum atomic E-state index is -0.668. The van der Waals surface area contributed by atoms with Gasteiger partial charge in [0.05, 0.1) is 6.61 Å². The van der Waals surface area contributed by atoms with Crippen molar-refractivity contribution >= 4 is 12.4 Å². The molecule has 0 aromatic heterocycles. The van der Waals surface area contributed by atoms with Crippen molar-refractivity contribution in [3.63, 3.8) is 0 Å². The summed E-state index contributed by atoms with van der Waals surface area (Å²) in [6.07, 6.45) is 18.9. The van der Waals surface area contributed by atoms with Crippen LogP contribution in [0, 0.1) is 5.92 Å². The van der Waals surface area contributed by atoms with E-state index in [0.717, 1.165) is 19.3 Å². The zero-order valence-corrected chi connectivity index (χ0v) is 16.3. The predicted octanol–water partition coefficient (Wildman–Crippen LogP) is 6.12. The molecule has 0 aliphatic rings. The molecule has 0 aromatic carbocycles. The van der Waals surface area contributed by atoms with E-state index >= 15 is 0 Å². The molecule has 148 valence electrons. The lowest BCUT2D eigenvalue weighted by atomic mass is 9.99. The van der Waals surface area contributed by atoms with Crippen LogP contribution >= 0.6 is 0 Å². The van der Waals surface area contributed by atoms with E-state index in [1.165, 1.54) is 77.0 Å². The van der Waals surface area contributed by atoms with Crippen LogP contribution in [0.15, 0.2) is 0 Å². The van der Waals surface area contributed by atoms with Crippen molar-refractivity contribution in [1.82, 2.24) is 0 Å². The molecule has 0 aliphatic carbocycles. The van der Waals surface area contributed by atoms with Gasteiger partial charge in [-0.15, -0.1) is 0 Å². The van der Waals surface area contributed by atoms with Crippen LogP contribution < -0.4 is 0 Å². The monoisotopic (exact) mass is 356 g/mol. The molecule has 0 bridgehead atoms. The van der Waals surface area contributed by atoms with E-state index < -0.39 is 5.97 Å². The van der Waals surface area contributed by atoms with Crippen molar-refractivity contribution in [2.45, 2.75) is 110 Å². The van der Waals surface area contributed by atoms with Crippen LogP contribution in [0.3, 0.4) is 0 Å². The lowest BCUT2D eigenvalue weighted by Crippen LogP contribution is -2.01. The number of carbonyl (C=O) groups excluding carboxylic acids is 1. The molecule has 0 heterocycles. The number of unbranched alkanes of at least 4 members (excludes halogenated alkanes) is 12. The van der Waals surface area contributed by atoms with Gasteiger partial charge in [0.2, 0.25) is 0 Å². The summed E-state index contributed by atoms with van der Waals surface area (Å²) < 4.78 is 4.73. The molecule has 0 spiro atoms. The third kappa shape index (κ3) is 20.9. The first kappa shape index (κ1) is 23.9. The number of hydrogen-bond acceptors (Lipinski definition) is 3. The van der Waals surface area contributed by atoms with Crippen LogP contribution in [0.4, 0.5) is 0 Å². The topological polar surface area (TPSA) is 63.6 Å². The molecular weight excluding hydrogens is 316 g/mol. The second kappa shape index (κ2) is 19.3. The Kier molecular flexibility index (Phi) is 18.5. The van der Waals surface area contributed by atoms with Crippen LogP contribution in [0.5, 0.6) is 0 Å². The fourth-order valence-electron chi connectivity index (χ4n) is 3.18. The Morgan fingerprint density at radius 1 is 0.800 bits per heavy atom. The smallest absolute Gasteiger partial charge is 0.303 e. The van der Waals surface area contributed by atoms with Gasteiger partial charge in [0.25, 0.3) is 6.47 Å². The Hall–Kier alpha value is -1.06. The molecule has 0 aromatic rings. The van der Waals surface area contributed by atoms with Gasteiger partial charge in [-0.2, -0.15) is 0 Å². The molecule has 0 aliphatic heterocycles. The molecule has 1 N–H and O–H groups in total. The van der Waals surface area contributed by atoms with Crippen molar-refractivity contribution in [2.75, 3.05) is 6.61 Å². The Morgan fingerprint density at radius 3 is 1.68 bits per heavy atom. The van der Waals surface area contributed by atoms with E-state index in [9.17, 15) is 9.59 Å². The van der Waals surface area contributed by atoms with Gasteiger partial charge in [-0.3, -0.25) is 9.59 Å². The highest BCUT2D eigenvalue weighted by Crippen LogP contribution is 2.16. The summed E-state index contributed by atoms with van der Waals surface area (Å²) in [5.74, 6) is -0.0113. The molecule has 25 heavy (non-hydrogen) atoms. The highest BCUT2D eigenvalue weighted by Gasteiger charge is 2.02. The molecule has 4 heteroatoms. The van der Waals surface area contributed by atoms with Crippen molar-refractivity contribution < 1.29 is 19.4 Å². The number of rotatable bonds is 20.